The van der Waals surface area contributed by atoms with Crippen molar-refractivity contribution in [3.05, 3.63) is 41.8 Å². The summed E-state index contributed by atoms with van der Waals surface area (Å²) in [5.74, 6) is 1.47. The van der Waals surface area contributed by atoms with Crippen LogP contribution in [0.4, 0.5) is 4.39 Å². The summed E-state index contributed by atoms with van der Waals surface area (Å²) >= 11 is 0. The van der Waals surface area contributed by atoms with Gasteiger partial charge in [-0.2, -0.15) is 4.98 Å². The van der Waals surface area contributed by atoms with E-state index >= 15 is 0 Å². The lowest BCUT2D eigenvalue weighted by Gasteiger charge is -2.33. The number of benzene rings is 1. The molecule has 25 heavy (non-hydrogen) atoms. The van der Waals surface area contributed by atoms with E-state index in [4.69, 9.17) is 14.0 Å². The van der Waals surface area contributed by atoms with Crippen LogP contribution in [0.25, 0.3) is 0 Å². The molecule has 2 saturated heterocycles. The maximum atomic E-state index is 12.9. The monoisotopic (exact) mass is 347 g/mol. The van der Waals surface area contributed by atoms with E-state index in [0.29, 0.717) is 23.5 Å². The highest BCUT2D eigenvalue weighted by Gasteiger charge is 2.35. The van der Waals surface area contributed by atoms with Gasteiger partial charge in [-0.05, 0) is 56.5 Å². The van der Waals surface area contributed by atoms with E-state index in [-0.39, 0.29) is 18.5 Å². The Morgan fingerprint density at radius 2 is 1.96 bits per heavy atom. The molecule has 1 atom stereocenters. The average Bonchev–Trinajstić information content (AvgIpc) is 3.31. The van der Waals surface area contributed by atoms with Gasteiger partial charge in [0.2, 0.25) is 11.7 Å². The Kier molecular flexibility index (Phi) is 4.94. The van der Waals surface area contributed by atoms with Crippen molar-refractivity contribution in [2.75, 3.05) is 19.8 Å². The van der Waals surface area contributed by atoms with Crippen molar-refractivity contribution >= 4 is 0 Å². The second kappa shape index (κ2) is 7.49. The van der Waals surface area contributed by atoms with E-state index in [9.17, 15) is 4.39 Å². The third-order valence-electron chi connectivity index (χ3n) is 4.90. The van der Waals surface area contributed by atoms with E-state index in [1.165, 1.54) is 12.1 Å². The molecule has 7 heteroatoms. The highest BCUT2D eigenvalue weighted by Crippen LogP contribution is 2.35. The van der Waals surface area contributed by atoms with Crippen LogP contribution >= 0.6 is 0 Å². The average molecular weight is 347 g/mol. The zero-order valence-electron chi connectivity index (χ0n) is 14.1. The molecule has 0 N–H and O–H groups in total. The maximum absolute atomic E-state index is 12.9. The van der Waals surface area contributed by atoms with Crippen LogP contribution in [-0.4, -0.2) is 40.8 Å². The minimum absolute atomic E-state index is 0.190. The summed E-state index contributed by atoms with van der Waals surface area (Å²) in [6.07, 6.45) is 4.31. The van der Waals surface area contributed by atoms with E-state index in [1.54, 1.807) is 12.1 Å². The van der Waals surface area contributed by atoms with E-state index in [1.807, 2.05) is 0 Å². The molecular weight excluding hydrogens is 325 g/mol. The zero-order valence-corrected chi connectivity index (χ0v) is 14.1. The number of likely N-dealkylation sites (tertiary alicyclic amines) is 1. The summed E-state index contributed by atoms with van der Waals surface area (Å²) in [7, 11) is 0. The lowest BCUT2D eigenvalue weighted by Crippen LogP contribution is -2.39. The molecule has 6 nitrogen and oxygen atoms in total. The van der Waals surface area contributed by atoms with Crippen LogP contribution in [0.3, 0.4) is 0 Å². The van der Waals surface area contributed by atoms with Gasteiger partial charge in [-0.25, -0.2) is 4.39 Å². The summed E-state index contributed by atoms with van der Waals surface area (Å²) in [6, 6.07) is 6.62. The van der Waals surface area contributed by atoms with Crippen molar-refractivity contribution in [3.63, 3.8) is 0 Å². The van der Waals surface area contributed by atoms with Crippen LogP contribution < -0.4 is 4.74 Å². The zero-order chi connectivity index (χ0) is 17.1. The minimum Gasteiger partial charge on any atom is -0.485 e. The Morgan fingerprint density at radius 1 is 1.16 bits per heavy atom. The molecular formula is C18H22FN3O3. The van der Waals surface area contributed by atoms with Gasteiger partial charge in [-0.3, -0.25) is 4.90 Å². The van der Waals surface area contributed by atoms with Gasteiger partial charge < -0.3 is 14.0 Å². The SMILES string of the molecule is Fc1ccc(OCc2noc([C@H]3CCCN3C3CCOCC3)n2)cc1. The first-order valence-electron chi connectivity index (χ1n) is 8.84. The molecule has 0 radical (unpaired) electrons. The smallest absolute Gasteiger partial charge is 0.244 e. The summed E-state index contributed by atoms with van der Waals surface area (Å²) in [5, 5.41) is 4.04. The summed E-state index contributed by atoms with van der Waals surface area (Å²) in [5.41, 5.74) is 0. The molecule has 4 rings (SSSR count). The molecule has 0 amide bonds. The number of halogens is 1. The van der Waals surface area contributed by atoms with Gasteiger partial charge in [0.25, 0.3) is 0 Å². The molecule has 0 unspecified atom stereocenters. The number of hydrogen-bond donors (Lipinski definition) is 0. The normalized spacial score (nSPS) is 22.4. The van der Waals surface area contributed by atoms with E-state index in [2.05, 4.69) is 15.0 Å². The number of rotatable bonds is 5. The first kappa shape index (κ1) is 16.5. The van der Waals surface area contributed by atoms with Crippen molar-refractivity contribution in [1.29, 1.82) is 0 Å². The highest BCUT2D eigenvalue weighted by molar-refractivity contribution is 5.22. The first-order chi connectivity index (χ1) is 12.3. The van der Waals surface area contributed by atoms with Crippen LogP contribution in [0.1, 0.15) is 43.4 Å². The molecule has 2 aliphatic rings. The molecule has 1 aromatic carbocycles. The lowest BCUT2D eigenvalue weighted by atomic mass is 10.1. The van der Waals surface area contributed by atoms with Crippen molar-refractivity contribution in [2.45, 2.75) is 44.4 Å². The van der Waals surface area contributed by atoms with Crippen LogP contribution in [0.5, 0.6) is 5.75 Å². The van der Waals surface area contributed by atoms with Gasteiger partial charge in [0.15, 0.2) is 6.61 Å². The van der Waals surface area contributed by atoms with Gasteiger partial charge in [0.1, 0.15) is 11.6 Å². The molecule has 0 spiro atoms. The minimum atomic E-state index is -0.288. The van der Waals surface area contributed by atoms with Gasteiger partial charge >= 0.3 is 0 Å². The van der Waals surface area contributed by atoms with E-state index in [0.717, 1.165) is 45.4 Å². The Bertz CT molecular complexity index is 685. The second-order valence-electron chi connectivity index (χ2n) is 6.53. The second-order valence-corrected chi connectivity index (χ2v) is 6.53. The van der Waals surface area contributed by atoms with Crippen LogP contribution in [0.15, 0.2) is 28.8 Å². The molecule has 2 fully saturated rings. The highest BCUT2D eigenvalue weighted by atomic mass is 19.1. The number of nitrogens with zero attached hydrogens (tertiary/aromatic N) is 3. The predicted molar refractivity (Wildman–Crippen MR) is 87.6 cm³/mol. The van der Waals surface area contributed by atoms with Crippen molar-refractivity contribution in [2.24, 2.45) is 0 Å². The molecule has 1 aromatic heterocycles. The molecule has 2 aromatic rings. The van der Waals surface area contributed by atoms with Gasteiger partial charge in [-0.15, -0.1) is 0 Å². The molecule has 134 valence electrons. The van der Waals surface area contributed by atoms with Crippen molar-refractivity contribution < 1.29 is 18.4 Å². The fraction of sp³-hybridized carbons (Fsp3) is 0.556. The molecule has 0 saturated carbocycles. The topological polar surface area (TPSA) is 60.6 Å². The third-order valence-corrected chi connectivity index (χ3v) is 4.90. The molecule has 0 aliphatic carbocycles. The largest absolute Gasteiger partial charge is 0.485 e. The van der Waals surface area contributed by atoms with Gasteiger partial charge in [-0.1, -0.05) is 5.16 Å². The molecule has 2 aliphatic heterocycles. The fourth-order valence-corrected chi connectivity index (χ4v) is 3.65. The standard InChI is InChI=1S/C18H22FN3O3/c19-13-3-5-15(6-4-13)24-12-17-20-18(25-21-17)16-2-1-9-22(16)14-7-10-23-11-8-14/h3-6,14,16H,1-2,7-12H2/t16-/m1/s1. The number of aromatic nitrogens is 2. The summed E-state index contributed by atoms with van der Waals surface area (Å²) in [6.45, 7) is 2.93. The van der Waals surface area contributed by atoms with Crippen LogP contribution in [0, 0.1) is 5.82 Å². The number of ether oxygens (including phenoxy) is 2. The molecule has 3 heterocycles. The summed E-state index contributed by atoms with van der Waals surface area (Å²) in [4.78, 5) is 7.01. The van der Waals surface area contributed by atoms with Gasteiger partial charge in [0, 0.05) is 19.3 Å². The van der Waals surface area contributed by atoms with Gasteiger partial charge in [0.05, 0.1) is 6.04 Å². The van der Waals surface area contributed by atoms with Crippen molar-refractivity contribution in [3.8, 4) is 5.75 Å². The quantitative estimate of drug-likeness (QED) is 0.828. The molecule has 0 bridgehead atoms. The lowest BCUT2D eigenvalue weighted by molar-refractivity contribution is 0.0243. The fourth-order valence-electron chi connectivity index (χ4n) is 3.65. The van der Waals surface area contributed by atoms with Crippen molar-refractivity contribution in [1.82, 2.24) is 15.0 Å². The first-order valence-corrected chi connectivity index (χ1v) is 8.84. The number of hydrogen-bond acceptors (Lipinski definition) is 6. The van der Waals surface area contributed by atoms with Crippen LogP contribution in [0.2, 0.25) is 0 Å². The Balaban J connectivity index is 1.39. The van der Waals surface area contributed by atoms with E-state index < -0.39 is 0 Å². The van der Waals surface area contributed by atoms with Crippen LogP contribution in [-0.2, 0) is 11.3 Å². The predicted octanol–water partition coefficient (Wildman–Crippen LogP) is 3.10. The third kappa shape index (κ3) is 3.82. The Labute approximate surface area is 145 Å². The summed E-state index contributed by atoms with van der Waals surface area (Å²) < 4.78 is 29.5. The Hall–Kier alpha value is -1.99. The Morgan fingerprint density at radius 3 is 2.76 bits per heavy atom. The maximum Gasteiger partial charge on any atom is 0.244 e.